The number of carboxylic acid groups (broad SMARTS) is 1. The number of amides is 1. The minimum Gasteiger partial charge on any atom is -0.507 e. The monoisotopic (exact) mass is 249 g/mol. The minimum atomic E-state index is -0.842. The average molecular weight is 249 g/mol. The van der Waals surface area contributed by atoms with Gasteiger partial charge in [0.1, 0.15) is 5.75 Å². The third-order valence-electron chi connectivity index (χ3n) is 3.09. The van der Waals surface area contributed by atoms with E-state index in [1.807, 2.05) is 6.92 Å². The number of carbonyl (C=O) groups is 2. The fourth-order valence-corrected chi connectivity index (χ4v) is 2.10. The van der Waals surface area contributed by atoms with E-state index in [2.05, 4.69) is 0 Å². The molecule has 0 bridgehead atoms. The molecule has 2 N–H and O–H groups in total. The number of carboxylic acids is 1. The predicted molar refractivity (Wildman–Crippen MR) is 64.5 cm³/mol. The van der Waals surface area contributed by atoms with Crippen molar-refractivity contribution in [1.29, 1.82) is 0 Å². The second-order valence-electron chi connectivity index (χ2n) is 4.69. The molecule has 0 spiro atoms. The smallest absolute Gasteiger partial charge is 0.303 e. The number of aryl methyl sites for hydroxylation is 1. The molecule has 0 aromatic heterocycles. The van der Waals surface area contributed by atoms with E-state index < -0.39 is 5.97 Å². The highest BCUT2D eigenvalue weighted by Crippen LogP contribution is 2.25. The quantitative estimate of drug-likeness (QED) is 0.845. The Morgan fingerprint density at radius 1 is 1.39 bits per heavy atom. The molecule has 96 valence electrons. The fourth-order valence-electron chi connectivity index (χ4n) is 2.10. The molecule has 5 nitrogen and oxygen atoms in total. The van der Waals surface area contributed by atoms with Crippen LogP contribution in [0.1, 0.15) is 22.3 Å². The van der Waals surface area contributed by atoms with Crippen LogP contribution >= 0.6 is 0 Å². The molecule has 1 aliphatic heterocycles. The van der Waals surface area contributed by atoms with Crippen LogP contribution in [0.3, 0.4) is 0 Å². The molecule has 0 unspecified atom stereocenters. The molecule has 1 aromatic rings. The van der Waals surface area contributed by atoms with Crippen LogP contribution in [0.2, 0.25) is 0 Å². The van der Waals surface area contributed by atoms with Crippen LogP contribution in [0.25, 0.3) is 0 Å². The summed E-state index contributed by atoms with van der Waals surface area (Å²) in [5.41, 5.74) is 1.18. The van der Waals surface area contributed by atoms with Gasteiger partial charge in [0.2, 0.25) is 0 Å². The lowest BCUT2D eigenvalue weighted by molar-refractivity contribution is -0.139. The van der Waals surface area contributed by atoms with Gasteiger partial charge in [0.05, 0.1) is 12.0 Å². The normalized spacial score (nSPS) is 15.3. The maximum absolute atomic E-state index is 12.0. The number of rotatable bonds is 3. The summed E-state index contributed by atoms with van der Waals surface area (Å²) >= 11 is 0. The minimum absolute atomic E-state index is 0.0263. The Hall–Kier alpha value is -2.04. The van der Waals surface area contributed by atoms with Gasteiger partial charge in [-0.3, -0.25) is 9.59 Å². The third-order valence-corrected chi connectivity index (χ3v) is 3.09. The van der Waals surface area contributed by atoms with E-state index in [0.29, 0.717) is 13.1 Å². The molecule has 0 radical (unpaired) electrons. The Morgan fingerprint density at radius 3 is 2.67 bits per heavy atom. The van der Waals surface area contributed by atoms with Crippen molar-refractivity contribution >= 4 is 11.9 Å². The first-order valence-electron chi connectivity index (χ1n) is 5.78. The van der Waals surface area contributed by atoms with Crippen LogP contribution in [0, 0.1) is 12.8 Å². The molecule has 1 amide bonds. The van der Waals surface area contributed by atoms with E-state index >= 15 is 0 Å². The van der Waals surface area contributed by atoms with E-state index in [-0.39, 0.29) is 29.6 Å². The Kier molecular flexibility index (Phi) is 3.23. The van der Waals surface area contributed by atoms with Crippen LogP contribution < -0.4 is 0 Å². The number of likely N-dealkylation sites (tertiary alicyclic amines) is 1. The summed E-state index contributed by atoms with van der Waals surface area (Å²) in [5.74, 6) is -1.09. The Bertz CT molecular complexity index is 492. The number of carbonyl (C=O) groups excluding carboxylic acids is 1. The zero-order valence-corrected chi connectivity index (χ0v) is 10.1. The predicted octanol–water partition coefficient (Wildman–Crippen LogP) is 1.25. The number of nitrogens with zero attached hydrogens (tertiary/aromatic N) is 1. The molecule has 0 atom stereocenters. The lowest BCUT2D eigenvalue weighted by atomic mass is 9.95. The largest absolute Gasteiger partial charge is 0.507 e. The molecule has 5 heteroatoms. The van der Waals surface area contributed by atoms with Crippen molar-refractivity contribution in [2.45, 2.75) is 13.3 Å². The van der Waals surface area contributed by atoms with E-state index in [1.165, 1.54) is 6.07 Å². The van der Waals surface area contributed by atoms with Gasteiger partial charge in [0, 0.05) is 19.0 Å². The van der Waals surface area contributed by atoms with E-state index in [9.17, 15) is 14.7 Å². The molecular weight excluding hydrogens is 234 g/mol. The lowest BCUT2D eigenvalue weighted by Crippen LogP contribution is -2.50. The van der Waals surface area contributed by atoms with Crippen LogP contribution in [0.4, 0.5) is 0 Å². The second kappa shape index (κ2) is 4.68. The van der Waals surface area contributed by atoms with Crippen molar-refractivity contribution in [1.82, 2.24) is 4.90 Å². The van der Waals surface area contributed by atoms with Crippen LogP contribution in [-0.2, 0) is 4.79 Å². The van der Waals surface area contributed by atoms with Gasteiger partial charge in [-0.1, -0.05) is 11.6 Å². The molecule has 0 saturated carbocycles. The summed E-state index contributed by atoms with van der Waals surface area (Å²) in [7, 11) is 0. The molecule has 2 rings (SSSR count). The number of benzene rings is 1. The Morgan fingerprint density at radius 2 is 2.06 bits per heavy atom. The molecule has 1 aromatic carbocycles. The molecule has 1 heterocycles. The standard InChI is InChI=1S/C13H15NO4/c1-8-2-3-11(15)10(4-8)13(18)14-6-9(7-14)5-12(16)17/h2-4,9,15H,5-7H2,1H3,(H,16,17). The highest BCUT2D eigenvalue weighted by Gasteiger charge is 2.33. The molecule has 0 aliphatic carbocycles. The zero-order valence-electron chi connectivity index (χ0n) is 10.1. The van der Waals surface area contributed by atoms with Crippen molar-refractivity contribution in [2.75, 3.05) is 13.1 Å². The summed E-state index contributed by atoms with van der Waals surface area (Å²) in [6.07, 6.45) is 0.0869. The van der Waals surface area contributed by atoms with Gasteiger partial charge in [-0.05, 0) is 19.1 Å². The number of aromatic hydroxyl groups is 1. The van der Waals surface area contributed by atoms with Crippen LogP contribution in [-0.4, -0.2) is 40.1 Å². The Balaban J connectivity index is 2.01. The number of aliphatic carboxylic acids is 1. The van der Waals surface area contributed by atoms with Gasteiger partial charge in [-0.2, -0.15) is 0 Å². The zero-order chi connectivity index (χ0) is 13.3. The number of hydrogen-bond donors (Lipinski definition) is 2. The lowest BCUT2D eigenvalue weighted by Gasteiger charge is -2.38. The molecule has 1 saturated heterocycles. The first-order chi connectivity index (χ1) is 8.47. The van der Waals surface area contributed by atoms with Gasteiger partial charge < -0.3 is 15.1 Å². The van der Waals surface area contributed by atoms with Gasteiger partial charge in [-0.15, -0.1) is 0 Å². The highest BCUT2D eigenvalue weighted by molar-refractivity contribution is 5.97. The van der Waals surface area contributed by atoms with Gasteiger partial charge in [-0.25, -0.2) is 0 Å². The maximum atomic E-state index is 12.0. The molecule has 1 aliphatic rings. The highest BCUT2D eigenvalue weighted by atomic mass is 16.4. The number of phenolic OH excluding ortho intramolecular Hbond substituents is 1. The number of hydrogen-bond acceptors (Lipinski definition) is 3. The fraction of sp³-hybridized carbons (Fsp3) is 0.385. The summed E-state index contributed by atoms with van der Waals surface area (Å²) in [5, 5.41) is 18.3. The van der Waals surface area contributed by atoms with Gasteiger partial charge in [0.25, 0.3) is 5.91 Å². The van der Waals surface area contributed by atoms with Crippen LogP contribution in [0.15, 0.2) is 18.2 Å². The van der Waals surface area contributed by atoms with Crippen molar-refractivity contribution in [2.24, 2.45) is 5.92 Å². The van der Waals surface area contributed by atoms with Crippen LogP contribution in [0.5, 0.6) is 5.75 Å². The topological polar surface area (TPSA) is 77.8 Å². The van der Waals surface area contributed by atoms with Crippen molar-refractivity contribution in [3.63, 3.8) is 0 Å². The van der Waals surface area contributed by atoms with Gasteiger partial charge >= 0.3 is 5.97 Å². The van der Waals surface area contributed by atoms with E-state index in [4.69, 9.17) is 5.11 Å². The van der Waals surface area contributed by atoms with Crippen molar-refractivity contribution < 1.29 is 19.8 Å². The maximum Gasteiger partial charge on any atom is 0.303 e. The van der Waals surface area contributed by atoms with E-state index in [0.717, 1.165) is 5.56 Å². The molecule has 18 heavy (non-hydrogen) atoms. The average Bonchev–Trinajstić information content (AvgIpc) is 2.25. The first-order valence-corrected chi connectivity index (χ1v) is 5.78. The summed E-state index contributed by atoms with van der Waals surface area (Å²) < 4.78 is 0. The third kappa shape index (κ3) is 2.45. The van der Waals surface area contributed by atoms with Gasteiger partial charge in [0.15, 0.2) is 0 Å². The van der Waals surface area contributed by atoms with E-state index in [1.54, 1.807) is 17.0 Å². The summed E-state index contributed by atoms with van der Waals surface area (Å²) in [4.78, 5) is 24.1. The number of phenols is 1. The first kappa shape index (κ1) is 12.4. The van der Waals surface area contributed by atoms with Crippen molar-refractivity contribution in [3.05, 3.63) is 29.3 Å². The summed E-state index contributed by atoms with van der Waals surface area (Å²) in [6.45, 7) is 2.73. The second-order valence-corrected chi connectivity index (χ2v) is 4.69. The SMILES string of the molecule is Cc1ccc(O)c(C(=O)N2CC(CC(=O)O)C2)c1. The molecular formula is C13H15NO4. The molecule has 1 fully saturated rings. The van der Waals surface area contributed by atoms with Crippen molar-refractivity contribution in [3.8, 4) is 5.75 Å². The summed E-state index contributed by atoms with van der Waals surface area (Å²) in [6, 6.07) is 4.87. The Labute approximate surface area is 105 Å².